The third kappa shape index (κ3) is 3.19. The number of hydrogen-bond acceptors (Lipinski definition) is 2. The van der Waals surface area contributed by atoms with Crippen molar-refractivity contribution in [1.29, 1.82) is 5.41 Å². The second-order valence-corrected chi connectivity index (χ2v) is 5.06. The molecule has 0 aliphatic rings. The van der Waals surface area contributed by atoms with Crippen LogP contribution in [0.2, 0.25) is 0 Å². The topological polar surface area (TPSA) is 44.2 Å². The van der Waals surface area contributed by atoms with Gasteiger partial charge >= 0.3 is 0 Å². The van der Waals surface area contributed by atoms with Crippen LogP contribution in [0.4, 0.5) is 5.69 Å². The van der Waals surface area contributed by atoms with E-state index in [-0.39, 0.29) is 11.7 Å². The zero-order chi connectivity index (χ0) is 16.1. The van der Waals surface area contributed by atoms with E-state index in [0.717, 1.165) is 0 Å². The van der Waals surface area contributed by atoms with E-state index in [1.165, 1.54) is 4.90 Å². The fraction of sp³-hybridized carbons (Fsp3) is 0. The highest BCUT2D eigenvalue weighted by molar-refractivity contribution is 6.26. The van der Waals surface area contributed by atoms with Crippen molar-refractivity contribution in [3.63, 3.8) is 0 Å². The van der Waals surface area contributed by atoms with Crippen molar-refractivity contribution in [3.05, 3.63) is 102 Å². The maximum absolute atomic E-state index is 12.9. The van der Waals surface area contributed by atoms with Gasteiger partial charge in [-0.25, -0.2) is 0 Å². The van der Waals surface area contributed by atoms with E-state index in [9.17, 15) is 4.79 Å². The van der Waals surface area contributed by atoms with E-state index < -0.39 is 0 Å². The van der Waals surface area contributed by atoms with Gasteiger partial charge in [-0.1, -0.05) is 66.7 Å². The predicted molar refractivity (Wildman–Crippen MR) is 93.0 cm³/mol. The molecule has 1 amide bonds. The molecular formula is C20H16N2O. The van der Waals surface area contributed by atoms with Crippen LogP contribution in [0, 0.1) is 5.41 Å². The van der Waals surface area contributed by atoms with Gasteiger partial charge in [0.05, 0.1) is 5.69 Å². The highest BCUT2D eigenvalue weighted by Gasteiger charge is 2.22. The summed E-state index contributed by atoms with van der Waals surface area (Å²) in [4.78, 5) is 14.4. The number of anilines is 1. The molecule has 0 saturated carbocycles. The summed E-state index contributed by atoms with van der Waals surface area (Å²) in [6, 6.07) is 27.6. The van der Waals surface area contributed by atoms with Gasteiger partial charge in [0.1, 0.15) is 5.84 Å². The zero-order valence-electron chi connectivity index (χ0n) is 12.5. The summed E-state index contributed by atoms with van der Waals surface area (Å²) in [6.45, 7) is 0. The van der Waals surface area contributed by atoms with E-state index in [4.69, 9.17) is 5.41 Å². The van der Waals surface area contributed by atoms with Crippen LogP contribution in [0.3, 0.4) is 0 Å². The van der Waals surface area contributed by atoms with Gasteiger partial charge in [0.2, 0.25) is 0 Å². The molecule has 3 rings (SSSR count). The normalized spacial score (nSPS) is 10.1. The Balaban J connectivity index is 2.05. The minimum Gasteiger partial charge on any atom is -0.283 e. The summed E-state index contributed by atoms with van der Waals surface area (Å²) in [5.74, 6) is -0.0590. The third-order valence-electron chi connectivity index (χ3n) is 3.51. The Morgan fingerprint density at radius 1 is 0.652 bits per heavy atom. The standard InChI is InChI=1S/C20H16N2O/c21-19(16-10-4-1-5-11-16)22(18-14-8-3-9-15-18)20(23)17-12-6-2-7-13-17/h1-15,21H. The Morgan fingerprint density at radius 3 is 1.61 bits per heavy atom. The van der Waals surface area contributed by atoms with Gasteiger partial charge in [0, 0.05) is 11.1 Å². The van der Waals surface area contributed by atoms with Gasteiger partial charge in [-0.3, -0.25) is 15.1 Å². The molecule has 0 unspecified atom stereocenters. The van der Waals surface area contributed by atoms with Crippen molar-refractivity contribution >= 4 is 17.4 Å². The molecule has 112 valence electrons. The molecule has 0 saturated heterocycles. The van der Waals surface area contributed by atoms with Crippen molar-refractivity contribution in [3.8, 4) is 0 Å². The van der Waals surface area contributed by atoms with Crippen LogP contribution in [-0.2, 0) is 0 Å². The first-order valence-corrected chi connectivity index (χ1v) is 7.36. The summed E-state index contributed by atoms with van der Waals surface area (Å²) in [5.41, 5.74) is 1.92. The summed E-state index contributed by atoms with van der Waals surface area (Å²) < 4.78 is 0. The van der Waals surface area contributed by atoms with E-state index in [0.29, 0.717) is 16.8 Å². The van der Waals surface area contributed by atoms with Crippen LogP contribution in [-0.4, -0.2) is 11.7 Å². The van der Waals surface area contributed by atoms with Crippen molar-refractivity contribution < 1.29 is 4.79 Å². The lowest BCUT2D eigenvalue weighted by Gasteiger charge is -2.23. The molecule has 0 spiro atoms. The number of nitrogens with one attached hydrogen (secondary N) is 1. The maximum Gasteiger partial charge on any atom is 0.264 e. The highest BCUT2D eigenvalue weighted by Crippen LogP contribution is 2.20. The lowest BCUT2D eigenvalue weighted by molar-refractivity contribution is 0.100. The molecule has 0 aliphatic carbocycles. The molecule has 1 N–H and O–H groups in total. The number of benzene rings is 3. The first kappa shape index (κ1) is 14.7. The number of carbonyl (C=O) groups excluding carboxylic acids is 1. The number of hydrogen-bond donors (Lipinski definition) is 1. The number of rotatable bonds is 3. The predicted octanol–water partition coefficient (Wildman–Crippen LogP) is 4.36. The molecule has 0 atom stereocenters. The molecule has 3 heteroatoms. The lowest BCUT2D eigenvalue weighted by Crippen LogP contribution is -2.37. The van der Waals surface area contributed by atoms with E-state index in [1.807, 2.05) is 78.9 Å². The van der Waals surface area contributed by atoms with Crippen LogP contribution >= 0.6 is 0 Å². The fourth-order valence-electron chi connectivity index (χ4n) is 2.36. The van der Waals surface area contributed by atoms with Crippen LogP contribution in [0.5, 0.6) is 0 Å². The number of carbonyl (C=O) groups is 1. The number of para-hydroxylation sites is 1. The van der Waals surface area contributed by atoms with Crippen molar-refractivity contribution in [1.82, 2.24) is 0 Å². The number of nitrogens with zero attached hydrogens (tertiary/aromatic N) is 1. The van der Waals surface area contributed by atoms with E-state index in [1.54, 1.807) is 12.1 Å². The Kier molecular flexibility index (Phi) is 4.29. The average Bonchev–Trinajstić information content (AvgIpc) is 2.64. The Bertz CT molecular complexity index is 747. The van der Waals surface area contributed by atoms with E-state index >= 15 is 0 Å². The van der Waals surface area contributed by atoms with E-state index in [2.05, 4.69) is 0 Å². The largest absolute Gasteiger partial charge is 0.283 e. The second-order valence-electron chi connectivity index (χ2n) is 5.06. The molecule has 0 fully saturated rings. The molecule has 3 aromatic rings. The molecule has 3 nitrogen and oxygen atoms in total. The molecule has 0 aliphatic heterocycles. The van der Waals surface area contributed by atoms with Gasteiger partial charge in [0.15, 0.2) is 0 Å². The third-order valence-corrected chi connectivity index (χ3v) is 3.51. The lowest BCUT2D eigenvalue weighted by atomic mass is 10.1. The van der Waals surface area contributed by atoms with Gasteiger partial charge in [0.25, 0.3) is 5.91 Å². The molecule has 0 aromatic heterocycles. The molecular weight excluding hydrogens is 284 g/mol. The van der Waals surface area contributed by atoms with Gasteiger partial charge in [-0.15, -0.1) is 0 Å². The Morgan fingerprint density at radius 2 is 1.09 bits per heavy atom. The molecule has 0 radical (unpaired) electrons. The minimum atomic E-state index is -0.217. The van der Waals surface area contributed by atoms with Gasteiger partial charge in [-0.05, 0) is 24.3 Å². The van der Waals surface area contributed by atoms with Crippen LogP contribution in [0.25, 0.3) is 0 Å². The van der Waals surface area contributed by atoms with Crippen molar-refractivity contribution in [2.24, 2.45) is 0 Å². The fourth-order valence-corrected chi connectivity index (χ4v) is 2.36. The molecule has 0 bridgehead atoms. The Labute approximate surface area is 135 Å². The van der Waals surface area contributed by atoms with Crippen molar-refractivity contribution in [2.75, 3.05) is 4.90 Å². The van der Waals surface area contributed by atoms with Crippen LogP contribution in [0.15, 0.2) is 91.0 Å². The van der Waals surface area contributed by atoms with Gasteiger partial charge < -0.3 is 0 Å². The first-order chi connectivity index (χ1) is 11.3. The summed E-state index contributed by atoms with van der Waals surface area (Å²) in [7, 11) is 0. The molecule has 23 heavy (non-hydrogen) atoms. The zero-order valence-corrected chi connectivity index (χ0v) is 12.5. The number of amides is 1. The van der Waals surface area contributed by atoms with Crippen LogP contribution < -0.4 is 4.90 Å². The average molecular weight is 300 g/mol. The Hall–Kier alpha value is -3.20. The monoisotopic (exact) mass is 300 g/mol. The van der Waals surface area contributed by atoms with Crippen LogP contribution in [0.1, 0.15) is 15.9 Å². The summed E-state index contributed by atoms with van der Waals surface area (Å²) in [5, 5.41) is 8.51. The second kappa shape index (κ2) is 6.71. The molecule has 0 heterocycles. The quantitative estimate of drug-likeness (QED) is 0.567. The smallest absolute Gasteiger partial charge is 0.264 e. The summed E-state index contributed by atoms with van der Waals surface area (Å²) >= 11 is 0. The minimum absolute atomic E-state index is 0.158. The SMILES string of the molecule is N=C(c1ccccc1)N(C(=O)c1ccccc1)c1ccccc1. The first-order valence-electron chi connectivity index (χ1n) is 7.36. The summed E-state index contributed by atoms with van der Waals surface area (Å²) in [6.07, 6.45) is 0. The molecule has 3 aromatic carbocycles. The maximum atomic E-state index is 12.9. The number of amidine groups is 1. The van der Waals surface area contributed by atoms with Gasteiger partial charge in [-0.2, -0.15) is 0 Å². The van der Waals surface area contributed by atoms with Crippen molar-refractivity contribution in [2.45, 2.75) is 0 Å². The highest BCUT2D eigenvalue weighted by atomic mass is 16.2.